The van der Waals surface area contributed by atoms with Crippen molar-refractivity contribution in [1.82, 2.24) is 14.8 Å². The Bertz CT molecular complexity index is 798. The molecule has 7 nitrogen and oxygen atoms in total. The minimum Gasteiger partial charge on any atom is -0.492 e. The van der Waals surface area contributed by atoms with Crippen LogP contribution in [0.15, 0.2) is 48.7 Å². The van der Waals surface area contributed by atoms with Crippen LogP contribution in [0.2, 0.25) is 0 Å². The lowest BCUT2D eigenvalue weighted by molar-refractivity contribution is 0.0279. The summed E-state index contributed by atoms with van der Waals surface area (Å²) >= 11 is 0. The average molecular weight is 427 g/mol. The van der Waals surface area contributed by atoms with Gasteiger partial charge in [-0.2, -0.15) is 0 Å². The van der Waals surface area contributed by atoms with Crippen molar-refractivity contribution in [3.05, 3.63) is 54.2 Å². The van der Waals surface area contributed by atoms with Crippen molar-refractivity contribution in [2.24, 2.45) is 0 Å². The summed E-state index contributed by atoms with van der Waals surface area (Å²) in [4.78, 5) is 11.1. The Morgan fingerprint density at radius 1 is 1.13 bits per heavy atom. The third-order valence-electron chi connectivity index (χ3n) is 6.03. The fraction of sp³-hybridized carbons (Fsp3) is 0.542. The molecule has 1 aromatic carbocycles. The summed E-state index contributed by atoms with van der Waals surface area (Å²) < 4.78 is 11.3. The highest BCUT2D eigenvalue weighted by Crippen LogP contribution is 2.26. The lowest BCUT2D eigenvalue weighted by Crippen LogP contribution is -2.43. The second-order valence-electron chi connectivity index (χ2n) is 8.70. The number of ether oxygens (including phenoxy) is 2. The summed E-state index contributed by atoms with van der Waals surface area (Å²) in [6.07, 6.45) is 2.55. The van der Waals surface area contributed by atoms with Crippen LogP contribution in [0, 0.1) is 0 Å². The van der Waals surface area contributed by atoms with Crippen LogP contribution in [-0.4, -0.2) is 91.6 Å². The third-order valence-corrected chi connectivity index (χ3v) is 6.03. The quantitative estimate of drug-likeness (QED) is 0.657. The molecule has 168 valence electrons. The maximum Gasteiger partial charge on any atom is 0.128 e. The summed E-state index contributed by atoms with van der Waals surface area (Å²) in [5, 5.41) is 11.1. The number of morpholine rings is 1. The number of aromatic nitrogens is 1. The number of benzene rings is 1. The van der Waals surface area contributed by atoms with Crippen LogP contribution in [0.3, 0.4) is 0 Å². The third kappa shape index (κ3) is 6.40. The van der Waals surface area contributed by atoms with Crippen LogP contribution in [0.25, 0.3) is 0 Å². The van der Waals surface area contributed by atoms with E-state index in [1.54, 1.807) is 6.20 Å². The summed E-state index contributed by atoms with van der Waals surface area (Å²) in [6.45, 7) is 8.11. The number of aliphatic hydroxyl groups is 1. The van der Waals surface area contributed by atoms with Gasteiger partial charge in [-0.05, 0) is 43.3 Å². The molecule has 0 bridgehead atoms. The molecule has 0 unspecified atom stereocenters. The van der Waals surface area contributed by atoms with Crippen LogP contribution < -0.4 is 9.64 Å². The van der Waals surface area contributed by atoms with Gasteiger partial charge in [0.25, 0.3) is 0 Å². The van der Waals surface area contributed by atoms with Crippen molar-refractivity contribution in [3.8, 4) is 5.75 Å². The lowest BCUT2D eigenvalue weighted by atomic mass is 10.0. The van der Waals surface area contributed by atoms with E-state index in [-0.39, 0.29) is 0 Å². The molecule has 4 rings (SSSR count). The van der Waals surface area contributed by atoms with Crippen molar-refractivity contribution < 1.29 is 14.6 Å². The first-order chi connectivity index (χ1) is 15.1. The van der Waals surface area contributed by atoms with Gasteiger partial charge in [-0.25, -0.2) is 4.98 Å². The molecule has 0 saturated carbocycles. The number of likely N-dealkylation sites (N-methyl/N-ethyl adjacent to an activating group) is 1. The van der Waals surface area contributed by atoms with E-state index in [0.29, 0.717) is 19.7 Å². The maximum atomic E-state index is 11.1. The predicted octanol–water partition coefficient (Wildman–Crippen LogP) is 1.87. The van der Waals surface area contributed by atoms with Gasteiger partial charge in [0, 0.05) is 52.0 Å². The molecule has 0 aliphatic carbocycles. The first-order valence-electron chi connectivity index (χ1n) is 11.2. The van der Waals surface area contributed by atoms with Gasteiger partial charge in [-0.3, -0.25) is 9.80 Å². The second kappa shape index (κ2) is 10.4. The maximum absolute atomic E-state index is 11.1. The topological polar surface area (TPSA) is 61.3 Å². The Morgan fingerprint density at radius 3 is 2.68 bits per heavy atom. The highest BCUT2D eigenvalue weighted by atomic mass is 16.5. The van der Waals surface area contributed by atoms with Crippen molar-refractivity contribution in [1.29, 1.82) is 0 Å². The van der Waals surface area contributed by atoms with Crippen LogP contribution in [0.1, 0.15) is 12.0 Å². The summed E-state index contributed by atoms with van der Waals surface area (Å²) in [7, 11) is 2.06. The van der Waals surface area contributed by atoms with Crippen molar-refractivity contribution in [2.45, 2.75) is 18.6 Å². The van der Waals surface area contributed by atoms with E-state index in [4.69, 9.17) is 9.47 Å². The van der Waals surface area contributed by atoms with Crippen LogP contribution in [0.4, 0.5) is 5.82 Å². The van der Waals surface area contributed by atoms with E-state index in [0.717, 1.165) is 63.9 Å². The van der Waals surface area contributed by atoms with Crippen molar-refractivity contribution in [3.63, 3.8) is 0 Å². The molecule has 2 aromatic rings. The standard InChI is InChI=1S/C24H34N4O3/c1-26(19-24(29)9-11-28(20-24)23-4-2-3-10-25-23)18-21-5-7-22(8-6-21)31-17-14-27-12-15-30-16-13-27/h2-8,10,29H,9,11-20H2,1H3/t24-/m0/s1. The molecular formula is C24H34N4O3. The first kappa shape index (κ1) is 22.0. The highest BCUT2D eigenvalue weighted by molar-refractivity contribution is 5.40. The minimum atomic E-state index is -0.713. The zero-order chi connectivity index (χ0) is 21.5. The first-order valence-corrected chi connectivity index (χ1v) is 11.2. The number of hydrogen-bond donors (Lipinski definition) is 1. The number of hydrogen-bond acceptors (Lipinski definition) is 7. The fourth-order valence-corrected chi connectivity index (χ4v) is 4.40. The molecule has 1 N–H and O–H groups in total. The Kier molecular flexibility index (Phi) is 7.40. The zero-order valence-electron chi connectivity index (χ0n) is 18.4. The molecular weight excluding hydrogens is 392 g/mol. The van der Waals surface area contributed by atoms with E-state index < -0.39 is 5.60 Å². The van der Waals surface area contributed by atoms with Gasteiger partial charge in [0.15, 0.2) is 0 Å². The van der Waals surface area contributed by atoms with Crippen molar-refractivity contribution >= 4 is 5.82 Å². The number of pyridine rings is 1. The molecule has 2 aliphatic heterocycles. The van der Waals surface area contributed by atoms with Crippen LogP contribution in [0.5, 0.6) is 5.75 Å². The number of rotatable bonds is 9. The SMILES string of the molecule is CN(Cc1ccc(OCCN2CCOCC2)cc1)C[C@@]1(O)CCN(c2ccccn2)C1. The summed E-state index contributed by atoms with van der Waals surface area (Å²) in [6, 6.07) is 14.2. The number of nitrogens with zero attached hydrogens (tertiary/aromatic N) is 4. The van der Waals surface area contributed by atoms with E-state index in [1.165, 1.54) is 5.56 Å². The average Bonchev–Trinajstić information content (AvgIpc) is 3.18. The molecule has 2 saturated heterocycles. The van der Waals surface area contributed by atoms with E-state index in [9.17, 15) is 5.11 Å². The van der Waals surface area contributed by atoms with Gasteiger partial charge in [0.2, 0.25) is 0 Å². The molecule has 31 heavy (non-hydrogen) atoms. The molecule has 3 heterocycles. The van der Waals surface area contributed by atoms with Gasteiger partial charge in [-0.1, -0.05) is 18.2 Å². The van der Waals surface area contributed by atoms with E-state index >= 15 is 0 Å². The summed E-state index contributed by atoms with van der Waals surface area (Å²) in [5.74, 6) is 1.84. The number of anilines is 1. The van der Waals surface area contributed by atoms with E-state index in [1.807, 2.05) is 30.3 Å². The molecule has 1 aromatic heterocycles. The fourth-order valence-electron chi connectivity index (χ4n) is 4.40. The molecule has 2 aliphatic rings. The van der Waals surface area contributed by atoms with Gasteiger partial charge in [-0.15, -0.1) is 0 Å². The van der Waals surface area contributed by atoms with Gasteiger partial charge in [0.1, 0.15) is 18.2 Å². The monoisotopic (exact) mass is 426 g/mol. The van der Waals surface area contributed by atoms with E-state index in [2.05, 4.69) is 38.9 Å². The molecule has 1 atom stereocenters. The zero-order valence-corrected chi connectivity index (χ0v) is 18.4. The second-order valence-corrected chi connectivity index (χ2v) is 8.70. The molecule has 0 amide bonds. The van der Waals surface area contributed by atoms with Crippen LogP contribution in [-0.2, 0) is 11.3 Å². The lowest BCUT2D eigenvalue weighted by Gasteiger charge is -2.29. The molecule has 0 spiro atoms. The molecule has 0 radical (unpaired) electrons. The predicted molar refractivity (Wildman–Crippen MR) is 122 cm³/mol. The Balaban J connectivity index is 1.21. The van der Waals surface area contributed by atoms with Crippen molar-refractivity contribution in [2.75, 3.05) is 71.0 Å². The van der Waals surface area contributed by atoms with Gasteiger partial charge in [0.05, 0.1) is 18.8 Å². The Hall–Kier alpha value is -2.19. The minimum absolute atomic E-state index is 0.615. The summed E-state index contributed by atoms with van der Waals surface area (Å²) in [5.41, 5.74) is 0.501. The number of β-amino-alcohol motifs (C(OH)–C–C–N with tert-alkyl or cyclic N) is 1. The Labute approximate surface area is 185 Å². The van der Waals surface area contributed by atoms with Gasteiger partial charge >= 0.3 is 0 Å². The molecule has 7 heteroatoms. The molecule has 2 fully saturated rings. The largest absolute Gasteiger partial charge is 0.492 e. The van der Waals surface area contributed by atoms with Gasteiger partial charge < -0.3 is 19.5 Å². The Morgan fingerprint density at radius 2 is 1.94 bits per heavy atom. The normalized spacial score (nSPS) is 22.2. The van der Waals surface area contributed by atoms with Crippen LogP contribution >= 0.6 is 0 Å². The highest BCUT2D eigenvalue weighted by Gasteiger charge is 2.37. The smallest absolute Gasteiger partial charge is 0.128 e.